The summed E-state index contributed by atoms with van der Waals surface area (Å²) in [5, 5.41) is 3.28. The minimum atomic E-state index is -0.927. The zero-order valence-electron chi connectivity index (χ0n) is 20.4. The Labute approximate surface area is 205 Å². The Balaban J connectivity index is 2.13. The first-order valence-electron chi connectivity index (χ1n) is 11.6. The Morgan fingerprint density at radius 2 is 1.94 bits per heavy atom. The monoisotopic (exact) mass is 487 g/mol. The molecule has 1 aromatic rings. The third-order valence-corrected chi connectivity index (χ3v) is 7.02. The van der Waals surface area contributed by atoms with Crippen LogP contribution >= 0.6 is 11.8 Å². The molecule has 3 atom stereocenters. The van der Waals surface area contributed by atoms with Crippen molar-refractivity contribution in [3.63, 3.8) is 0 Å². The summed E-state index contributed by atoms with van der Waals surface area (Å²) in [5.74, 6) is -1.03. The number of methoxy groups -OCH3 is 1. The summed E-state index contributed by atoms with van der Waals surface area (Å²) < 4.78 is 16.4. The highest BCUT2D eigenvalue weighted by Gasteiger charge is 2.47. The van der Waals surface area contributed by atoms with Gasteiger partial charge in [0.25, 0.3) is 0 Å². The molecule has 3 rings (SSSR count). The van der Waals surface area contributed by atoms with Crippen LogP contribution < -0.4 is 10.1 Å². The van der Waals surface area contributed by atoms with E-state index < -0.39 is 23.8 Å². The summed E-state index contributed by atoms with van der Waals surface area (Å²) in [6.07, 6.45) is 0.487. The smallest absolute Gasteiger partial charge is 0.336 e. The molecule has 0 aromatic heterocycles. The molecule has 0 amide bonds. The zero-order valence-corrected chi connectivity index (χ0v) is 21.3. The van der Waals surface area contributed by atoms with Crippen LogP contribution in [0.4, 0.5) is 0 Å². The van der Waals surface area contributed by atoms with Gasteiger partial charge in [0, 0.05) is 28.3 Å². The average Bonchev–Trinajstić information content (AvgIpc) is 2.81. The summed E-state index contributed by atoms with van der Waals surface area (Å²) in [6.45, 7) is 8.32. The number of allylic oxidation sites excluding steroid dienone is 3. The first kappa shape index (κ1) is 25.9. The maximum absolute atomic E-state index is 13.8. The van der Waals surface area contributed by atoms with Gasteiger partial charge in [-0.3, -0.25) is 9.59 Å². The molecule has 34 heavy (non-hydrogen) atoms. The van der Waals surface area contributed by atoms with E-state index in [0.29, 0.717) is 46.9 Å². The van der Waals surface area contributed by atoms with Crippen molar-refractivity contribution in [2.75, 3.05) is 31.8 Å². The molecule has 1 aliphatic carbocycles. The summed E-state index contributed by atoms with van der Waals surface area (Å²) in [7, 11) is 1.29. The predicted molar refractivity (Wildman–Crippen MR) is 131 cm³/mol. The Kier molecular flexibility index (Phi) is 8.83. The van der Waals surface area contributed by atoms with Crippen LogP contribution in [0.3, 0.4) is 0 Å². The minimum Gasteiger partial charge on any atom is -0.494 e. The SMILES string of the molecule is CCOc1ccccc1[C@H]1C(C(=O)OCCSCC)=C(C)NC2=C1C(=O)[C@@H](C(=O)OC)[C@H](C)C2. The number of esters is 2. The molecule has 184 valence electrons. The van der Waals surface area contributed by atoms with Gasteiger partial charge in [-0.05, 0) is 38.0 Å². The van der Waals surface area contributed by atoms with E-state index in [4.69, 9.17) is 14.2 Å². The van der Waals surface area contributed by atoms with Crippen LogP contribution in [-0.2, 0) is 23.9 Å². The number of carbonyl (C=O) groups is 3. The molecule has 8 heteroatoms. The first-order valence-corrected chi connectivity index (χ1v) is 12.8. The lowest BCUT2D eigenvalue weighted by molar-refractivity contribution is -0.151. The topological polar surface area (TPSA) is 90.9 Å². The molecular formula is C26H33NO6S. The number of benzene rings is 1. The Morgan fingerprint density at radius 1 is 1.21 bits per heavy atom. The maximum Gasteiger partial charge on any atom is 0.336 e. The molecule has 1 aliphatic heterocycles. The third-order valence-electron chi connectivity index (χ3n) is 6.16. The van der Waals surface area contributed by atoms with Crippen molar-refractivity contribution in [3.05, 3.63) is 52.4 Å². The van der Waals surface area contributed by atoms with Crippen LogP contribution in [0.2, 0.25) is 0 Å². The molecule has 0 saturated heterocycles. The van der Waals surface area contributed by atoms with Gasteiger partial charge in [-0.15, -0.1) is 0 Å². The van der Waals surface area contributed by atoms with Gasteiger partial charge < -0.3 is 19.5 Å². The second-order valence-corrected chi connectivity index (χ2v) is 9.73. The zero-order chi connectivity index (χ0) is 24.8. The van der Waals surface area contributed by atoms with Crippen LogP contribution in [0, 0.1) is 11.8 Å². The highest BCUT2D eigenvalue weighted by molar-refractivity contribution is 7.99. The number of dihydropyridines is 1. The molecule has 7 nitrogen and oxygen atoms in total. The number of ether oxygens (including phenoxy) is 3. The van der Waals surface area contributed by atoms with Crippen molar-refractivity contribution in [3.8, 4) is 5.75 Å². The van der Waals surface area contributed by atoms with Crippen LogP contribution in [0.25, 0.3) is 0 Å². The van der Waals surface area contributed by atoms with E-state index >= 15 is 0 Å². The lowest BCUT2D eigenvalue weighted by atomic mass is 9.69. The third kappa shape index (κ3) is 5.17. The summed E-state index contributed by atoms with van der Waals surface area (Å²) in [5.41, 5.74) is 2.82. The number of carbonyl (C=O) groups excluding carboxylic acids is 3. The molecule has 0 fully saturated rings. The molecule has 0 bridgehead atoms. The van der Waals surface area contributed by atoms with Gasteiger partial charge in [-0.25, -0.2) is 4.79 Å². The van der Waals surface area contributed by atoms with E-state index in [2.05, 4.69) is 5.32 Å². The van der Waals surface area contributed by atoms with Gasteiger partial charge in [0.15, 0.2) is 5.78 Å². The molecule has 0 saturated carbocycles. The second-order valence-electron chi connectivity index (χ2n) is 8.34. The van der Waals surface area contributed by atoms with E-state index in [0.717, 1.165) is 11.4 Å². The minimum absolute atomic E-state index is 0.235. The molecule has 1 N–H and O–H groups in total. The Bertz CT molecular complexity index is 1010. The Morgan fingerprint density at radius 3 is 2.62 bits per heavy atom. The number of ketones is 1. The number of Topliss-reactive ketones (excluding diaryl/α,β-unsaturated/α-hetero) is 1. The quantitative estimate of drug-likeness (QED) is 0.318. The highest BCUT2D eigenvalue weighted by atomic mass is 32.2. The van der Waals surface area contributed by atoms with Crippen LogP contribution in [-0.4, -0.2) is 49.6 Å². The molecule has 0 unspecified atom stereocenters. The lowest BCUT2D eigenvalue weighted by Gasteiger charge is -2.38. The van der Waals surface area contributed by atoms with E-state index in [1.807, 2.05) is 52.0 Å². The number of nitrogens with one attached hydrogen (secondary N) is 1. The normalized spacial score (nSPS) is 22.1. The van der Waals surface area contributed by atoms with Crippen molar-refractivity contribution in [2.45, 2.75) is 40.0 Å². The Hall–Kier alpha value is -2.74. The number of hydrogen-bond donors (Lipinski definition) is 1. The fraction of sp³-hybridized carbons (Fsp3) is 0.500. The fourth-order valence-electron chi connectivity index (χ4n) is 4.68. The van der Waals surface area contributed by atoms with Crippen molar-refractivity contribution in [1.82, 2.24) is 5.32 Å². The van der Waals surface area contributed by atoms with Crippen LogP contribution in [0.5, 0.6) is 5.75 Å². The van der Waals surface area contributed by atoms with Crippen LogP contribution in [0.1, 0.15) is 45.6 Å². The number of hydrogen-bond acceptors (Lipinski definition) is 8. The van der Waals surface area contributed by atoms with E-state index in [9.17, 15) is 14.4 Å². The summed E-state index contributed by atoms with van der Waals surface area (Å²) in [6, 6.07) is 7.38. The average molecular weight is 488 g/mol. The molecule has 2 aliphatic rings. The van der Waals surface area contributed by atoms with Gasteiger partial charge in [0.2, 0.25) is 0 Å². The summed E-state index contributed by atoms with van der Waals surface area (Å²) >= 11 is 1.68. The van der Waals surface area contributed by atoms with Crippen molar-refractivity contribution >= 4 is 29.5 Å². The van der Waals surface area contributed by atoms with E-state index in [-0.39, 0.29) is 18.3 Å². The molecule has 0 spiro atoms. The maximum atomic E-state index is 13.8. The lowest BCUT2D eigenvalue weighted by Crippen LogP contribution is -2.43. The van der Waals surface area contributed by atoms with Gasteiger partial charge in [-0.2, -0.15) is 11.8 Å². The van der Waals surface area contributed by atoms with Gasteiger partial charge in [0.1, 0.15) is 18.3 Å². The molecule has 1 aromatic carbocycles. The molecular weight excluding hydrogens is 454 g/mol. The number of rotatable bonds is 9. The predicted octanol–water partition coefficient (Wildman–Crippen LogP) is 3.99. The fourth-order valence-corrected chi connectivity index (χ4v) is 5.17. The first-order chi connectivity index (χ1) is 16.3. The van der Waals surface area contributed by atoms with Crippen molar-refractivity contribution in [1.29, 1.82) is 0 Å². The van der Waals surface area contributed by atoms with E-state index in [1.54, 1.807) is 11.8 Å². The molecule has 1 heterocycles. The number of para-hydroxylation sites is 1. The number of thioether (sulfide) groups is 1. The standard InChI is InChI=1S/C26H33NO6S/c1-6-32-19-11-9-8-10-17(19)22-21(26(30)33-12-13-34-7-2)16(4)27-18-14-15(3)20(25(29)31-5)24(28)23(18)22/h8-11,15,20,22,27H,6-7,12-14H2,1-5H3/t15-,20+,22+/m1/s1. The van der Waals surface area contributed by atoms with Crippen LogP contribution in [0.15, 0.2) is 46.8 Å². The molecule has 0 radical (unpaired) electrons. The highest BCUT2D eigenvalue weighted by Crippen LogP contribution is 2.47. The van der Waals surface area contributed by atoms with Gasteiger partial charge in [-0.1, -0.05) is 32.0 Å². The second kappa shape index (κ2) is 11.6. The van der Waals surface area contributed by atoms with E-state index in [1.165, 1.54) is 7.11 Å². The summed E-state index contributed by atoms with van der Waals surface area (Å²) in [4.78, 5) is 39.7. The largest absolute Gasteiger partial charge is 0.494 e. The van der Waals surface area contributed by atoms with Gasteiger partial charge >= 0.3 is 11.9 Å². The van der Waals surface area contributed by atoms with Crippen molar-refractivity contribution < 1.29 is 28.6 Å². The van der Waals surface area contributed by atoms with Gasteiger partial charge in [0.05, 0.1) is 25.2 Å². The van der Waals surface area contributed by atoms with Crippen molar-refractivity contribution in [2.24, 2.45) is 11.8 Å².